The maximum Gasteiger partial charge on any atom is 0.150 e. The number of aliphatic hydroxyl groups excluding tert-OH is 1. The molecule has 0 aromatic carbocycles. The molecule has 1 atom stereocenters. The van der Waals surface area contributed by atoms with Gasteiger partial charge in [-0.15, -0.1) is 0 Å². The normalized spacial score (nSPS) is 16.6. The topological polar surface area (TPSA) is 80.4 Å². The van der Waals surface area contributed by atoms with Crippen LogP contribution < -0.4 is 5.73 Å². The first-order valence-electron chi connectivity index (χ1n) is 4.90. The predicted molar refractivity (Wildman–Crippen MR) is 57.8 cm³/mol. The molecule has 3 N–H and O–H groups in total. The SMILES string of the molecule is CCS(=O)(=O)CCCC(C)(CN)CO. The van der Waals surface area contributed by atoms with E-state index >= 15 is 0 Å². The van der Waals surface area contributed by atoms with Gasteiger partial charge in [-0.2, -0.15) is 0 Å². The summed E-state index contributed by atoms with van der Waals surface area (Å²) in [6, 6.07) is 0. The third-order valence-electron chi connectivity index (χ3n) is 2.55. The van der Waals surface area contributed by atoms with Crippen LogP contribution in [-0.2, 0) is 9.84 Å². The van der Waals surface area contributed by atoms with Gasteiger partial charge >= 0.3 is 0 Å². The summed E-state index contributed by atoms with van der Waals surface area (Å²) in [6.07, 6.45) is 1.23. The van der Waals surface area contributed by atoms with Crippen LogP contribution in [0.25, 0.3) is 0 Å². The van der Waals surface area contributed by atoms with E-state index < -0.39 is 9.84 Å². The predicted octanol–water partition coefficient (Wildman–Crippen LogP) is 0.159. The summed E-state index contributed by atoms with van der Waals surface area (Å²) in [5, 5.41) is 9.04. The molecule has 0 heterocycles. The van der Waals surface area contributed by atoms with Crippen molar-refractivity contribution in [2.45, 2.75) is 26.7 Å². The van der Waals surface area contributed by atoms with Crippen LogP contribution in [0.5, 0.6) is 0 Å². The van der Waals surface area contributed by atoms with Gasteiger partial charge in [0.2, 0.25) is 0 Å². The molecule has 0 fully saturated rings. The average molecular weight is 223 g/mol. The maximum atomic E-state index is 11.2. The van der Waals surface area contributed by atoms with Crippen LogP contribution in [0.3, 0.4) is 0 Å². The van der Waals surface area contributed by atoms with Crippen LogP contribution in [-0.4, -0.2) is 38.2 Å². The molecule has 0 amide bonds. The van der Waals surface area contributed by atoms with Crippen LogP contribution in [0, 0.1) is 5.41 Å². The van der Waals surface area contributed by atoms with Gasteiger partial charge in [0, 0.05) is 17.8 Å². The Labute approximate surface area is 86.4 Å². The zero-order valence-corrected chi connectivity index (χ0v) is 9.81. The van der Waals surface area contributed by atoms with Gasteiger partial charge in [-0.25, -0.2) is 8.42 Å². The van der Waals surface area contributed by atoms with Crippen molar-refractivity contribution in [3.05, 3.63) is 0 Å². The molecule has 14 heavy (non-hydrogen) atoms. The van der Waals surface area contributed by atoms with Crippen molar-refractivity contribution in [2.24, 2.45) is 11.1 Å². The van der Waals surface area contributed by atoms with Crippen molar-refractivity contribution in [3.8, 4) is 0 Å². The van der Waals surface area contributed by atoms with E-state index in [1.54, 1.807) is 6.92 Å². The average Bonchev–Trinajstić information content (AvgIpc) is 2.17. The number of nitrogens with two attached hydrogens (primary N) is 1. The first-order chi connectivity index (χ1) is 6.39. The third kappa shape index (κ3) is 4.93. The van der Waals surface area contributed by atoms with Crippen molar-refractivity contribution >= 4 is 9.84 Å². The molecule has 0 aliphatic rings. The molecule has 0 bridgehead atoms. The summed E-state index contributed by atoms with van der Waals surface area (Å²) in [4.78, 5) is 0. The van der Waals surface area contributed by atoms with Crippen molar-refractivity contribution in [2.75, 3.05) is 24.7 Å². The second-order valence-electron chi connectivity index (χ2n) is 4.01. The van der Waals surface area contributed by atoms with E-state index in [-0.39, 0.29) is 23.5 Å². The Morgan fingerprint density at radius 3 is 2.36 bits per heavy atom. The molecule has 1 unspecified atom stereocenters. The second-order valence-corrected chi connectivity index (χ2v) is 6.49. The zero-order chi connectivity index (χ0) is 11.2. The Balaban J connectivity index is 3.96. The Morgan fingerprint density at radius 1 is 1.43 bits per heavy atom. The monoisotopic (exact) mass is 223 g/mol. The van der Waals surface area contributed by atoms with Gasteiger partial charge in [-0.05, 0) is 19.4 Å². The third-order valence-corrected chi connectivity index (χ3v) is 4.34. The molecule has 0 saturated heterocycles. The Morgan fingerprint density at radius 2 is 2.00 bits per heavy atom. The van der Waals surface area contributed by atoms with E-state index in [1.165, 1.54) is 0 Å². The highest BCUT2D eigenvalue weighted by Crippen LogP contribution is 2.20. The highest BCUT2D eigenvalue weighted by atomic mass is 32.2. The summed E-state index contributed by atoms with van der Waals surface area (Å²) in [5.74, 6) is 0.380. The number of hydrogen-bond acceptors (Lipinski definition) is 4. The van der Waals surface area contributed by atoms with Crippen LogP contribution >= 0.6 is 0 Å². The summed E-state index contributed by atoms with van der Waals surface area (Å²) in [6.45, 7) is 3.90. The first kappa shape index (κ1) is 13.9. The van der Waals surface area contributed by atoms with Crippen LogP contribution in [0.2, 0.25) is 0 Å². The number of hydrogen-bond donors (Lipinski definition) is 2. The lowest BCUT2D eigenvalue weighted by Crippen LogP contribution is -2.31. The molecule has 0 aromatic rings. The summed E-state index contributed by atoms with van der Waals surface area (Å²) in [7, 11) is -2.88. The van der Waals surface area contributed by atoms with E-state index in [0.717, 1.165) is 0 Å². The van der Waals surface area contributed by atoms with Crippen molar-refractivity contribution < 1.29 is 13.5 Å². The lowest BCUT2D eigenvalue weighted by Gasteiger charge is -2.24. The van der Waals surface area contributed by atoms with Crippen LogP contribution in [0.1, 0.15) is 26.7 Å². The molecule has 0 aliphatic carbocycles. The Hall–Kier alpha value is -0.130. The number of rotatable bonds is 7. The smallest absolute Gasteiger partial charge is 0.150 e. The molecule has 0 spiro atoms. The van der Waals surface area contributed by atoms with Crippen molar-refractivity contribution in [1.82, 2.24) is 0 Å². The van der Waals surface area contributed by atoms with Gasteiger partial charge in [0.05, 0.1) is 5.75 Å². The zero-order valence-electron chi connectivity index (χ0n) is 8.99. The fourth-order valence-electron chi connectivity index (χ4n) is 1.11. The van der Waals surface area contributed by atoms with Crippen molar-refractivity contribution in [1.29, 1.82) is 0 Å². The van der Waals surface area contributed by atoms with Crippen molar-refractivity contribution in [3.63, 3.8) is 0 Å². The molecule has 0 rings (SSSR count). The lowest BCUT2D eigenvalue weighted by molar-refractivity contribution is 0.139. The van der Waals surface area contributed by atoms with Gasteiger partial charge in [0.1, 0.15) is 9.84 Å². The van der Waals surface area contributed by atoms with Gasteiger partial charge in [0.15, 0.2) is 0 Å². The highest BCUT2D eigenvalue weighted by Gasteiger charge is 2.21. The Kier molecular flexibility index (Phi) is 5.63. The van der Waals surface area contributed by atoms with E-state index in [1.807, 2.05) is 6.92 Å². The molecular weight excluding hydrogens is 202 g/mol. The molecule has 86 valence electrons. The molecular formula is C9H21NO3S. The molecule has 0 radical (unpaired) electrons. The van der Waals surface area contributed by atoms with Gasteiger partial charge in [-0.1, -0.05) is 13.8 Å². The van der Waals surface area contributed by atoms with E-state index in [0.29, 0.717) is 19.4 Å². The summed E-state index contributed by atoms with van der Waals surface area (Å²) < 4.78 is 22.3. The first-order valence-corrected chi connectivity index (χ1v) is 6.72. The van der Waals surface area contributed by atoms with E-state index in [4.69, 9.17) is 10.8 Å². The fourth-order valence-corrected chi connectivity index (χ4v) is 1.98. The molecule has 5 heteroatoms. The van der Waals surface area contributed by atoms with Crippen LogP contribution in [0.15, 0.2) is 0 Å². The van der Waals surface area contributed by atoms with Crippen LogP contribution in [0.4, 0.5) is 0 Å². The standard InChI is InChI=1S/C9H21NO3S/c1-3-14(12,13)6-4-5-9(2,7-10)8-11/h11H,3-8,10H2,1-2H3. The summed E-state index contributed by atoms with van der Waals surface area (Å²) in [5.41, 5.74) is 5.16. The number of sulfone groups is 1. The minimum absolute atomic E-state index is 0.00960. The summed E-state index contributed by atoms with van der Waals surface area (Å²) >= 11 is 0. The largest absolute Gasteiger partial charge is 0.396 e. The van der Waals surface area contributed by atoms with Gasteiger partial charge in [-0.3, -0.25) is 0 Å². The molecule has 0 aliphatic heterocycles. The van der Waals surface area contributed by atoms with Gasteiger partial charge < -0.3 is 10.8 Å². The highest BCUT2D eigenvalue weighted by molar-refractivity contribution is 7.91. The van der Waals surface area contributed by atoms with E-state index in [2.05, 4.69) is 0 Å². The number of aliphatic hydroxyl groups is 1. The lowest BCUT2D eigenvalue weighted by atomic mass is 9.87. The molecule has 0 saturated carbocycles. The quantitative estimate of drug-likeness (QED) is 0.644. The molecule has 0 aromatic heterocycles. The maximum absolute atomic E-state index is 11.2. The Bertz CT molecular complexity index is 245. The van der Waals surface area contributed by atoms with Gasteiger partial charge in [0.25, 0.3) is 0 Å². The van der Waals surface area contributed by atoms with E-state index in [9.17, 15) is 8.42 Å². The minimum Gasteiger partial charge on any atom is -0.396 e. The fraction of sp³-hybridized carbons (Fsp3) is 1.00. The molecule has 4 nitrogen and oxygen atoms in total. The second kappa shape index (κ2) is 5.68. The minimum atomic E-state index is -2.88.